The molecule has 0 aliphatic carbocycles. The minimum Gasteiger partial charge on any atom is -0.377 e. The van der Waals surface area contributed by atoms with Crippen LogP contribution in [0.15, 0.2) is 42.6 Å². The molecule has 27 heavy (non-hydrogen) atoms. The van der Waals surface area contributed by atoms with Gasteiger partial charge in [0.2, 0.25) is 0 Å². The van der Waals surface area contributed by atoms with Gasteiger partial charge >= 0.3 is 0 Å². The molecule has 1 aliphatic heterocycles. The van der Waals surface area contributed by atoms with Crippen LogP contribution in [-0.2, 0) is 0 Å². The minimum absolute atomic E-state index is 0.545. The van der Waals surface area contributed by atoms with Gasteiger partial charge in [0.15, 0.2) is 0 Å². The number of pyridine rings is 2. The zero-order valence-electron chi connectivity index (χ0n) is 16.3. The molecule has 0 bridgehead atoms. The average Bonchev–Trinajstić information content (AvgIpc) is 3.16. The average molecular weight is 361 g/mol. The molecular weight excluding hydrogens is 334 g/mol. The number of nitrogens with two attached hydrogens (primary N) is 1. The number of hydrogen-bond acceptors (Lipinski definition) is 5. The summed E-state index contributed by atoms with van der Waals surface area (Å²) < 4.78 is 0. The van der Waals surface area contributed by atoms with E-state index in [-0.39, 0.29) is 0 Å². The van der Waals surface area contributed by atoms with Gasteiger partial charge in [-0.15, -0.1) is 0 Å². The van der Waals surface area contributed by atoms with Gasteiger partial charge in [0.25, 0.3) is 0 Å². The van der Waals surface area contributed by atoms with Crippen LogP contribution in [0.4, 0.5) is 11.5 Å². The second kappa shape index (κ2) is 7.16. The minimum atomic E-state index is 0.545. The quantitative estimate of drug-likeness (QED) is 0.771. The van der Waals surface area contributed by atoms with E-state index in [1.807, 2.05) is 12.3 Å². The smallest absolute Gasteiger partial charge is 0.138 e. The van der Waals surface area contributed by atoms with Crippen LogP contribution in [0, 0.1) is 12.8 Å². The summed E-state index contributed by atoms with van der Waals surface area (Å²) >= 11 is 0. The Balaban J connectivity index is 1.82. The molecule has 2 aromatic heterocycles. The van der Waals surface area contributed by atoms with Gasteiger partial charge in [0, 0.05) is 50.0 Å². The summed E-state index contributed by atoms with van der Waals surface area (Å²) in [4.78, 5) is 14.2. The Bertz CT molecular complexity index is 966. The molecule has 0 amide bonds. The third-order valence-corrected chi connectivity index (χ3v) is 5.47. The molecular formula is C22H27N5. The van der Waals surface area contributed by atoms with Crippen LogP contribution in [0.2, 0.25) is 0 Å². The van der Waals surface area contributed by atoms with Crippen molar-refractivity contribution in [2.24, 2.45) is 11.7 Å². The van der Waals surface area contributed by atoms with E-state index in [0.717, 1.165) is 54.0 Å². The lowest BCUT2D eigenvalue weighted by Gasteiger charge is -2.21. The van der Waals surface area contributed by atoms with Crippen LogP contribution in [0.3, 0.4) is 0 Å². The molecule has 5 heteroatoms. The first kappa shape index (κ1) is 17.7. The molecule has 1 fully saturated rings. The predicted octanol–water partition coefficient (Wildman–Crippen LogP) is 3.46. The van der Waals surface area contributed by atoms with Gasteiger partial charge in [-0.05, 0) is 61.7 Å². The fourth-order valence-electron chi connectivity index (χ4n) is 3.98. The maximum Gasteiger partial charge on any atom is 0.138 e. The van der Waals surface area contributed by atoms with Crippen molar-refractivity contribution in [1.82, 2.24) is 9.97 Å². The number of fused-ring (bicyclic) bond motifs is 1. The maximum absolute atomic E-state index is 5.90. The van der Waals surface area contributed by atoms with Gasteiger partial charge in [-0.3, -0.25) is 4.98 Å². The van der Waals surface area contributed by atoms with Gasteiger partial charge < -0.3 is 15.5 Å². The molecule has 3 aromatic rings. The van der Waals surface area contributed by atoms with E-state index in [1.54, 1.807) is 0 Å². The number of nitrogens with zero attached hydrogens (tertiary/aromatic N) is 4. The number of hydrogen-bond donors (Lipinski definition) is 1. The molecule has 3 heterocycles. The number of rotatable bonds is 4. The Morgan fingerprint density at radius 1 is 1.22 bits per heavy atom. The first-order valence-corrected chi connectivity index (χ1v) is 9.56. The monoisotopic (exact) mass is 361 g/mol. The summed E-state index contributed by atoms with van der Waals surface area (Å²) in [5.41, 5.74) is 11.5. The Hall–Kier alpha value is -2.66. The summed E-state index contributed by atoms with van der Waals surface area (Å²) in [5, 5.41) is 1.11. The largest absolute Gasteiger partial charge is 0.377 e. The van der Waals surface area contributed by atoms with Crippen LogP contribution in [0.5, 0.6) is 0 Å². The Labute approximate surface area is 160 Å². The Morgan fingerprint density at radius 3 is 2.78 bits per heavy atom. The number of benzene rings is 1. The van der Waals surface area contributed by atoms with E-state index >= 15 is 0 Å². The third-order valence-electron chi connectivity index (χ3n) is 5.47. The molecule has 2 N–H and O–H groups in total. The topological polar surface area (TPSA) is 58.3 Å². The van der Waals surface area contributed by atoms with Crippen molar-refractivity contribution >= 4 is 22.4 Å². The number of anilines is 2. The lowest BCUT2D eigenvalue weighted by atomic mass is 10.0. The van der Waals surface area contributed by atoms with Crippen LogP contribution in [0.1, 0.15) is 12.0 Å². The number of aromatic nitrogens is 2. The molecule has 1 saturated heterocycles. The van der Waals surface area contributed by atoms with Crippen LogP contribution < -0.4 is 15.5 Å². The Kier molecular flexibility index (Phi) is 4.70. The lowest BCUT2D eigenvalue weighted by molar-refractivity contribution is 0.602. The van der Waals surface area contributed by atoms with E-state index < -0.39 is 0 Å². The van der Waals surface area contributed by atoms with E-state index in [1.165, 1.54) is 11.3 Å². The summed E-state index contributed by atoms with van der Waals surface area (Å²) in [5.74, 6) is 1.57. The lowest BCUT2D eigenvalue weighted by Crippen LogP contribution is -2.23. The van der Waals surface area contributed by atoms with Gasteiger partial charge in [-0.2, -0.15) is 0 Å². The second-order valence-corrected chi connectivity index (χ2v) is 7.63. The molecule has 1 aromatic carbocycles. The van der Waals surface area contributed by atoms with Gasteiger partial charge in [-0.25, -0.2) is 4.98 Å². The first-order valence-electron chi connectivity index (χ1n) is 9.56. The highest BCUT2D eigenvalue weighted by atomic mass is 15.2. The van der Waals surface area contributed by atoms with Crippen molar-refractivity contribution in [2.45, 2.75) is 13.3 Å². The second-order valence-electron chi connectivity index (χ2n) is 7.63. The van der Waals surface area contributed by atoms with Crippen molar-refractivity contribution in [3.05, 3.63) is 48.2 Å². The normalized spacial score (nSPS) is 16.9. The van der Waals surface area contributed by atoms with Crippen molar-refractivity contribution in [3.63, 3.8) is 0 Å². The molecule has 1 atom stereocenters. The van der Waals surface area contributed by atoms with Crippen molar-refractivity contribution in [1.29, 1.82) is 0 Å². The summed E-state index contributed by atoms with van der Waals surface area (Å²) in [7, 11) is 4.14. The zero-order valence-corrected chi connectivity index (χ0v) is 16.3. The first-order chi connectivity index (χ1) is 13.1. The van der Waals surface area contributed by atoms with Gasteiger partial charge in [-0.1, -0.05) is 6.07 Å². The van der Waals surface area contributed by atoms with E-state index in [0.29, 0.717) is 5.92 Å². The predicted molar refractivity (Wildman–Crippen MR) is 113 cm³/mol. The molecule has 1 aliphatic rings. The van der Waals surface area contributed by atoms with Crippen LogP contribution in [0.25, 0.3) is 22.2 Å². The maximum atomic E-state index is 5.90. The molecule has 4 rings (SSSR count). The van der Waals surface area contributed by atoms with E-state index in [9.17, 15) is 0 Å². The highest BCUT2D eigenvalue weighted by Crippen LogP contribution is 2.33. The summed E-state index contributed by atoms with van der Waals surface area (Å²) in [6.07, 6.45) is 2.98. The van der Waals surface area contributed by atoms with Crippen LogP contribution in [-0.4, -0.2) is 43.7 Å². The fourth-order valence-corrected chi connectivity index (χ4v) is 3.98. The molecule has 0 saturated carbocycles. The third kappa shape index (κ3) is 3.35. The zero-order chi connectivity index (χ0) is 19.0. The highest BCUT2D eigenvalue weighted by Gasteiger charge is 2.24. The molecule has 0 radical (unpaired) electrons. The molecule has 5 nitrogen and oxygen atoms in total. The number of aryl methyl sites for hydroxylation is 1. The van der Waals surface area contributed by atoms with E-state index in [2.05, 4.69) is 66.1 Å². The summed E-state index contributed by atoms with van der Waals surface area (Å²) in [6, 6.07) is 12.7. The Morgan fingerprint density at radius 2 is 2.07 bits per heavy atom. The van der Waals surface area contributed by atoms with Crippen LogP contribution >= 0.6 is 0 Å². The van der Waals surface area contributed by atoms with Crippen molar-refractivity contribution < 1.29 is 0 Å². The molecule has 0 spiro atoms. The fraction of sp³-hybridized carbons (Fsp3) is 0.364. The van der Waals surface area contributed by atoms with Gasteiger partial charge in [0.05, 0.1) is 11.2 Å². The molecule has 0 unspecified atom stereocenters. The van der Waals surface area contributed by atoms with Gasteiger partial charge in [0.1, 0.15) is 5.82 Å². The van der Waals surface area contributed by atoms with Crippen molar-refractivity contribution in [3.8, 4) is 11.3 Å². The summed E-state index contributed by atoms with van der Waals surface area (Å²) in [6.45, 7) is 4.85. The SMILES string of the molecule is Cc1cc(-c2cc3ncccc3c(N3CC[C@@H](CN)C3)n2)ccc1N(C)C. The highest BCUT2D eigenvalue weighted by molar-refractivity contribution is 5.92. The van der Waals surface area contributed by atoms with E-state index in [4.69, 9.17) is 10.7 Å². The van der Waals surface area contributed by atoms with Crippen molar-refractivity contribution in [2.75, 3.05) is 43.5 Å². The molecule has 140 valence electrons. The standard InChI is InChI=1S/C22H27N5/c1-15-11-17(6-7-21(15)26(2)3)19-12-20-18(5-4-9-24-20)22(25-19)27-10-8-16(13-23)14-27/h4-7,9,11-12,16H,8,10,13-14,23H2,1-3H3/t16-/m0/s1.